The number of hydrogen-bond donors (Lipinski definition) is 0. The van der Waals surface area contributed by atoms with Gasteiger partial charge in [-0.25, -0.2) is 9.37 Å². The van der Waals surface area contributed by atoms with Gasteiger partial charge in [0.2, 0.25) is 12.7 Å². The van der Waals surface area contributed by atoms with E-state index in [-0.39, 0.29) is 24.9 Å². The second-order valence-corrected chi connectivity index (χ2v) is 7.83. The number of rotatable bonds is 6. The van der Waals surface area contributed by atoms with Crippen LogP contribution in [0, 0.1) is 5.82 Å². The van der Waals surface area contributed by atoms with E-state index in [1.165, 1.54) is 23.5 Å². The van der Waals surface area contributed by atoms with Gasteiger partial charge in [-0.05, 0) is 50.0 Å². The Morgan fingerprint density at radius 3 is 2.79 bits per heavy atom. The van der Waals surface area contributed by atoms with Crippen molar-refractivity contribution in [2.24, 2.45) is 0 Å². The zero-order valence-electron chi connectivity index (χ0n) is 15.6. The Morgan fingerprint density at radius 2 is 1.96 bits per heavy atom. The first-order valence-electron chi connectivity index (χ1n) is 8.89. The zero-order valence-corrected chi connectivity index (χ0v) is 16.5. The van der Waals surface area contributed by atoms with Crippen molar-refractivity contribution >= 4 is 32.6 Å². The number of benzene rings is 2. The van der Waals surface area contributed by atoms with Crippen LogP contribution < -0.4 is 14.4 Å². The number of carbonyl (C=O) groups is 1. The molecule has 0 saturated carbocycles. The van der Waals surface area contributed by atoms with Crippen molar-refractivity contribution in [3.63, 3.8) is 0 Å². The molecule has 0 unspecified atom stereocenters. The smallest absolute Gasteiger partial charge is 0.233 e. The van der Waals surface area contributed by atoms with Crippen molar-refractivity contribution in [3.05, 3.63) is 47.8 Å². The molecule has 0 fully saturated rings. The number of fused-ring (bicyclic) bond motifs is 2. The maximum absolute atomic E-state index is 13.5. The SMILES string of the molecule is CN(C)CCN(C(=O)Cc1ccc2c(c1)OCO2)c1nc2ccc(F)cc2s1. The third-order valence-corrected chi connectivity index (χ3v) is 5.48. The van der Waals surface area contributed by atoms with Crippen molar-refractivity contribution in [2.75, 3.05) is 38.9 Å². The van der Waals surface area contributed by atoms with Crippen LogP contribution in [0.1, 0.15) is 5.56 Å². The van der Waals surface area contributed by atoms with Crippen molar-refractivity contribution in [3.8, 4) is 11.5 Å². The normalized spacial score (nSPS) is 12.7. The highest BCUT2D eigenvalue weighted by molar-refractivity contribution is 7.22. The lowest BCUT2D eigenvalue weighted by Crippen LogP contribution is -2.37. The van der Waals surface area contributed by atoms with Crippen LogP contribution in [0.3, 0.4) is 0 Å². The summed E-state index contributed by atoms with van der Waals surface area (Å²) in [6, 6.07) is 9.97. The molecule has 0 bridgehead atoms. The average molecular weight is 401 g/mol. The first-order valence-corrected chi connectivity index (χ1v) is 9.71. The average Bonchev–Trinajstić information content (AvgIpc) is 3.27. The summed E-state index contributed by atoms with van der Waals surface area (Å²) >= 11 is 1.32. The maximum Gasteiger partial charge on any atom is 0.233 e. The Balaban J connectivity index is 1.59. The number of thiazole rings is 1. The first-order chi connectivity index (χ1) is 13.5. The molecule has 1 aliphatic rings. The van der Waals surface area contributed by atoms with Gasteiger partial charge in [0.15, 0.2) is 16.6 Å². The van der Waals surface area contributed by atoms with E-state index in [9.17, 15) is 9.18 Å². The van der Waals surface area contributed by atoms with Crippen LogP contribution >= 0.6 is 11.3 Å². The lowest BCUT2D eigenvalue weighted by Gasteiger charge is -2.22. The predicted molar refractivity (Wildman–Crippen MR) is 107 cm³/mol. The van der Waals surface area contributed by atoms with Crippen LogP contribution in [0.4, 0.5) is 9.52 Å². The van der Waals surface area contributed by atoms with E-state index in [0.717, 1.165) is 10.3 Å². The Labute approximate surface area is 166 Å². The van der Waals surface area contributed by atoms with Gasteiger partial charge in [-0.1, -0.05) is 17.4 Å². The Hall–Kier alpha value is -2.71. The van der Waals surface area contributed by atoms with E-state index in [0.29, 0.717) is 35.2 Å². The molecular formula is C20H20FN3O3S. The predicted octanol–water partition coefficient (Wildman–Crippen LogP) is 3.30. The summed E-state index contributed by atoms with van der Waals surface area (Å²) in [6.45, 7) is 1.39. The number of hydrogen-bond acceptors (Lipinski definition) is 6. The Bertz CT molecular complexity index is 1020. The highest BCUT2D eigenvalue weighted by atomic mass is 32.1. The molecular weight excluding hydrogens is 381 g/mol. The van der Waals surface area contributed by atoms with Crippen LogP contribution in [0.2, 0.25) is 0 Å². The molecule has 0 aliphatic carbocycles. The van der Waals surface area contributed by atoms with Gasteiger partial charge in [-0.15, -0.1) is 0 Å². The molecule has 0 saturated heterocycles. The molecule has 2 heterocycles. The molecule has 6 nitrogen and oxygen atoms in total. The molecule has 0 radical (unpaired) electrons. The number of carbonyl (C=O) groups excluding carboxylic acids is 1. The second-order valence-electron chi connectivity index (χ2n) is 6.82. The first kappa shape index (κ1) is 18.6. The zero-order chi connectivity index (χ0) is 19.7. The Kier molecular flexibility index (Phi) is 5.15. The van der Waals surface area contributed by atoms with Gasteiger partial charge in [0.1, 0.15) is 5.82 Å². The standard InChI is InChI=1S/C20H20FN3O3S/c1-23(2)7-8-24(20-22-15-5-4-14(21)11-18(15)28-20)19(25)10-13-3-6-16-17(9-13)27-12-26-16/h3-6,9,11H,7-8,10,12H2,1-2H3. The Morgan fingerprint density at radius 1 is 1.14 bits per heavy atom. The molecule has 0 spiro atoms. The fourth-order valence-corrected chi connectivity index (χ4v) is 3.98. The third kappa shape index (κ3) is 3.93. The largest absolute Gasteiger partial charge is 0.454 e. The molecule has 2 aromatic carbocycles. The van der Waals surface area contributed by atoms with E-state index in [4.69, 9.17) is 9.47 Å². The fraction of sp³-hybridized carbons (Fsp3) is 0.300. The topological polar surface area (TPSA) is 54.9 Å². The number of nitrogens with zero attached hydrogens (tertiary/aromatic N) is 3. The lowest BCUT2D eigenvalue weighted by molar-refractivity contribution is -0.118. The van der Waals surface area contributed by atoms with Gasteiger partial charge in [0.25, 0.3) is 0 Å². The summed E-state index contributed by atoms with van der Waals surface area (Å²) in [6.07, 6.45) is 0.217. The minimum Gasteiger partial charge on any atom is -0.454 e. The van der Waals surface area contributed by atoms with Gasteiger partial charge in [-0.3, -0.25) is 9.69 Å². The van der Waals surface area contributed by atoms with Crippen LogP contribution in [-0.4, -0.2) is 49.8 Å². The second kappa shape index (κ2) is 7.73. The van der Waals surface area contributed by atoms with Gasteiger partial charge < -0.3 is 14.4 Å². The third-order valence-electron chi connectivity index (χ3n) is 4.43. The molecule has 1 aromatic heterocycles. The number of likely N-dealkylation sites (N-methyl/N-ethyl adjacent to an activating group) is 1. The number of halogens is 1. The van der Waals surface area contributed by atoms with Gasteiger partial charge in [-0.2, -0.15) is 0 Å². The van der Waals surface area contributed by atoms with E-state index in [1.807, 2.05) is 37.2 Å². The molecule has 0 N–H and O–H groups in total. The molecule has 4 rings (SSSR count). The summed E-state index contributed by atoms with van der Waals surface area (Å²) in [5, 5.41) is 0.577. The molecule has 1 amide bonds. The fourth-order valence-electron chi connectivity index (χ4n) is 2.95. The van der Waals surface area contributed by atoms with E-state index in [2.05, 4.69) is 4.98 Å². The van der Waals surface area contributed by atoms with Crippen LogP contribution in [0.5, 0.6) is 11.5 Å². The van der Waals surface area contributed by atoms with Crippen LogP contribution in [0.25, 0.3) is 10.2 Å². The van der Waals surface area contributed by atoms with E-state index < -0.39 is 0 Å². The van der Waals surface area contributed by atoms with Crippen LogP contribution in [-0.2, 0) is 11.2 Å². The number of amides is 1. The highest BCUT2D eigenvalue weighted by Crippen LogP contribution is 2.33. The van der Waals surface area contributed by atoms with Crippen molar-refractivity contribution in [1.29, 1.82) is 0 Å². The highest BCUT2D eigenvalue weighted by Gasteiger charge is 2.22. The van der Waals surface area contributed by atoms with E-state index >= 15 is 0 Å². The molecule has 146 valence electrons. The molecule has 28 heavy (non-hydrogen) atoms. The van der Waals surface area contributed by atoms with Gasteiger partial charge >= 0.3 is 0 Å². The van der Waals surface area contributed by atoms with Crippen molar-refractivity contribution in [2.45, 2.75) is 6.42 Å². The summed E-state index contributed by atoms with van der Waals surface area (Å²) in [4.78, 5) is 21.3. The summed E-state index contributed by atoms with van der Waals surface area (Å²) < 4.78 is 25.0. The minimum atomic E-state index is -0.311. The number of aromatic nitrogens is 1. The maximum atomic E-state index is 13.5. The lowest BCUT2D eigenvalue weighted by atomic mass is 10.1. The quantitative estimate of drug-likeness (QED) is 0.634. The molecule has 8 heteroatoms. The number of ether oxygens (including phenoxy) is 2. The summed E-state index contributed by atoms with van der Waals surface area (Å²) in [7, 11) is 3.91. The number of anilines is 1. The monoisotopic (exact) mass is 401 g/mol. The molecule has 3 aromatic rings. The molecule has 1 aliphatic heterocycles. The van der Waals surface area contributed by atoms with E-state index in [1.54, 1.807) is 11.0 Å². The summed E-state index contributed by atoms with van der Waals surface area (Å²) in [5.41, 5.74) is 1.53. The van der Waals surface area contributed by atoms with Crippen molar-refractivity contribution in [1.82, 2.24) is 9.88 Å². The molecule has 0 atom stereocenters. The summed E-state index contributed by atoms with van der Waals surface area (Å²) in [5.74, 6) is 0.962. The van der Waals surface area contributed by atoms with Crippen molar-refractivity contribution < 1.29 is 18.7 Å². The van der Waals surface area contributed by atoms with Gasteiger partial charge in [0, 0.05) is 13.1 Å². The minimum absolute atomic E-state index is 0.0692. The van der Waals surface area contributed by atoms with Crippen LogP contribution in [0.15, 0.2) is 36.4 Å². The van der Waals surface area contributed by atoms with Gasteiger partial charge in [0.05, 0.1) is 16.6 Å².